The predicted molar refractivity (Wildman–Crippen MR) is 30.5 cm³/mol. The van der Waals surface area contributed by atoms with Crippen molar-refractivity contribution < 1.29 is 19.1 Å². The molecule has 0 fully saturated rings. The number of nitrogens with one attached hydrogen (secondary N) is 1. The molecule has 6 heteroatoms. The highest BCUT2D eigenvalue weighted by Gasteiger charge is 2.24. The van der Waals surface area contributed by atoms with Gasteiger partial charge in [-0.05, 0) is 0 Å². The summed E-state index contributed by atoms with van der Waals surface area (Å²) in [6.45, 7) is 0.932. The minimum Gasteiger partial charge on any atom is -0.320 e. The number of Topliss-reactive ketones (excluding diaryl/α,β-unsaturated/α-hetero) is 1. The van der Waals surface area contributed by atoms with Crippen LogP contribution < -0.4 is 0 Å². The number of rotatable bonds is 2. The Kier molecular flexibility index (Phi) is 2.25. The molecule has 0 aromatic carbocycles. The van der Waals surface area contributed by atoms with Crippen LogP contribution >= 0.6 is 7.60 Å². The van der Waals surface area contributed by atoms with Crippen LogP contribution in [0.2, 0.25) is 0 Å². The lowest BCUT2D eigenvalue weighted by Crippen LogP contribution is -2.07. The molecule has 0 aromatic heterocycles. The predicted octanol–water partition coefficient (Wildman–Crippen LogP) is -0.270. The second-order valence-electron chi connectivity index (χ2n) is 1.45. The van der Waals surface area contributed by atoms with E-state index in [1.54, 1.807) is 0 Å². The van der Waals surface area contributed by atoms with Crippen LogP contribution in [-0.2, 0) is 9.36 Å². The lowest BCUT2D eigenvalue weighted by atomic mass is 10.5. The van der Waals surface area contributed by atoms with Crippen molar-refractivity contribution in [3.63, 3.8) is 0 Å². The Balaban J connectivity index is 4.43. The Morgan fingerprint density at radius 2 is 1.89 bits per heavy atom. The maximum atomic E-state index is 10.1. The Hall–Kier alpha value is -0.510. The van der Waals surface area contributed by atoms with Gasteiger partial charge in [0.25, 0.3) is 0 Å². The molecular formula is C3H6NO4P. The van der Waals surface area contributed by atoms with E-state index < -0.39 is 18.8 Å². The summed E-state index contributed by atoms with van der Waals surface area (Å²) in [7, 11) is -4.58. The molecule has 0 rings (SSSR count). The topological polar surface area (TPSA) is 98.5 Å². The van der Waals surface area contributed by atoms with Crippen LogP contribution in [0.25, 0.3) is 0 Å². The van der Waals surface area contributed by atoms with E-state index in [9.17, 15) is 9.36 Å². The standard InChI is InChI=1S/C3H6NO4P/c1-2(5)3(4)9(6,7)8/h4H,1H3,(H2,6,7,8). The second kappa shape index (κ2) is 2.39. The number of carbonyl (C=O) groups excluding carboxylic acids is 1. The van der Waals surface area contributed by atoms with Gasteiger partial charge < -0.3 is 9.79 Å². The molecule has 0 spiro atoms. The van der Waals surface area contributed by atoms with Crippen LogP contribution in [-0.4, -0.2) is 21.0 Å². The fourth-order valence-corrected chi connectivity index (χ4v) is 0.615. The zero-order chi connectivity index (χ0) is 7.65. The van der Waals surface area contributed by atoms with Crippen LogP contribution in [0.15, 0.2) is 0 Å². The quantitative estimate of drug-likeness (QED) is 0.373. The SMILES string of the molecule is CC(=O)C(=N)P(=O)(O)O. The molecule has 0 saturated heterocycles. The summed E-state index contributed by atoms with van der Waals surface area (Å²) in [5, 5.41) is 6.48. The first-order chi connectivity index (χ1) is 3.85. The molecule has 0 heterocycles. The molecule has 5 nitrogen and oxygen atoms in total. The lowest BCUT2D eigenvalue weighted by molar-refractivity contribution is -0.110. The van der Waals surface area contributed by atoms with Crippen LogP contribution in [0, 0.1) is 5.41 Å². The van der Waals surface area contributed by atoms with E-state index in [1.165, 1.54) is 0 Å². The molecule has 0 aromatic rings. The fraction of sp³-hybridized carbons (Fsp3) is 0.333. The molecule has 3 N–H and O–H groups in total. The van der Waals surface area contributed by atoms with Crippen molar-refractivity contribution in [2.45, 2.75) is 6.92 Å². The van der Waals surface area contributed by atoms with E-state index in [4.69, 9.17) is 15.2 Å². The molecule has 52 valence electrons. The van der Waals surface area contributed by atoms with Crippen molar-refractivity contribution in [1.82, 2.24) is 0 Å². The molecule has 0 unspecified atom stereocenters. The van der Waals surface area contributed by atoms with Gasteiger partial charge in [-0.15, -0.1) is 0 Å². The zero-order valence-corrected chi connectivity index (χ0v) is 5.55. The van der Waals surface area contributed by atoms with E-state index in [0.29, 0.717) is 0 Å². The molecular weight excluding hydrogens is 145 g/mol. The van der Waals surface area contributed by atoms with Crippen LogP contribution in [0.3, 0.4) is 0 Å². The Morgan fingerprint density at radius 3 is 1.89 bits per heavy atom. The largest absolute Gasteiger partial charge is 0.377 e. The Bertz CT molecular complexity index is 192. The first-order valence-corrected chi connectivity index (χ1v) is 3.62. The smallest absolute Gasteiger partial charge is 0.320 e. The summed E-state index contributed by atoms with van der Waals surface area (Å²) < 4.78 is 10.0. The van der Waals surface area contributed by atoms with Crippen molar-refractivity contribution >= 4 is 18.8 Å². The third kappa shape index (κ3) is 2.51. The van der Waals surface area contributed by atoms with Gasteiger partial charge in [0.05, 0.1) is 0 Å². The normalized spacial score (nSPS) is 11.0. The number of ketones is 1. The van der Waals surface area contributed by atoms with Gasteiger partial charge in [-0.3, -0.25) is 14.8 Å². The summed E-state index contributed by atoms with van der Waals surface area (Å²) in [4.78, 5) is 26.3. The Labute approximate surface area is 51.4 Å². The van der Waals surface area contributed by atoms with Gasteiger partial charge in [-0.2, -0.15) is 0 Å². The minimum atomic E-state index is -4.58. The molecule has 0 aliphatic rings. The third-order valence-corrected chi connectivity index (χ3v) is 1.52. The molecule has 0 aliphatic carbocycles. The van der Waals surface area contributed by atoms with Gasteiger partial charge in [0.1, 0.15) is 0 Å². The van der Waals surface area contributed by atoms with Crippen molar-refractivity contribution in [2.75, 3.05) is 0 Å². The van der Waals surface area contributed by atoms with E-state index >= 15 is 0 Å². The third-order valence-electron chi connectivity index (χ3n) is 0.625. The molecule has 9 heavy (non-hydrogen) atoms. The first kappa shape index (κ1) is 8.49. The average molecular weight is 151 g/mol. The number of carbonyl (C=O) groups is 1. The van der Waals surface area contributed by atoms with Crippen LogP contribution in [0.4, 0.5) is 0 Å². The van der Waals surface area contributed by atoms with E-state index in [1.807, 2.05) is 0 Å². The van der Waals surface area contributed by atoms with Gasteiger partial charge >= 0.3 is 7.60 Å². The molecule has 0 radical (unpaired) electrons. The van der Waals surface area contributed by atoms with E-state index in [2.05, 4.69) is 0 Å². The highest BCUT2D eigenvalue weighted by atomic mass is 31.2. The molecule has 0 atom stereocenters. The zero-order valence-electron chi connectivity index (χ0n) is 4.66. The van der Waals surface area contributed by atoms with E-state index in [-0.39, 0.29) is 0 Å². The average Bonchev–Trinajstić information content (AvgIpc) is 1.62. The van der Waals surface area contributed by atoms with Gasteiger partial charge in [-0.1, -0.05) is 0 Å². The minimum absolute atomic E-state index is 0.900. The number of hydrogen-bond acceptors (Lipinski definition) is 3. The van der Waals surface area contributed by atoms with Crippen molar-refractivity contribution in [3.05, 3.63) is 0 Å². The summed E-state index contributed by atoms with van der Waals surface area (Å²) in [5.41, 5.74) is -1.14. The van der Waals surface area contributed by atoms with Gasteiger partial charge in [0.15, 0.2) is 11.2 Å². The first-order valence-electron chi connectivity index (χ1n) is 2.01. The van der Waals surface area contributed by atoms with Crippen LogP contribution in [0.5, 0.6) is 0 Å². The molecule has 0 amide bonds. The highest BCUT2D eigenvalue weighted by molar-refractivity contribution is 7.73. The molecule has 0 bridgehead atoms. The Morgan fingerprint density at radius 1 is 1.56 bits per heavy atom. The maximum Gasteiger partial charge on any atom is 0.377 e. The van der Waals surface area contributed by atoms with Gasteiger partial charge in [-0.25, -0.2) is 0 Å². The second-order valence-corrected chi connectivity index (χ2v) is 2.98. The fourth-order valence-electron chi connectivity index (χ4n) is 0.205. The summed E-state index contributed by atoms with van der Waals surface area (Å²) >= 11 is 0. The van der Waals surface area contributed by atoms with Crippen LogP contribution in [0.1, 0.15) is 6.92 Å². The van der Waals surface area contributed by atoms with Crippen molar-refractivity contribution in [1.29, 1.82) is 5.41 Å². The summed E-state index contributed by atoms with van der Waals surface area (Å²) in [6.07, 6.45) is 0. The monoisotopic (exact) mass is 151 g/mol. The molecule has 0 aliphatic heterocycles. The maximum absolute atomic E-state index is 10.1. The highest BCUT2D eigenvalue weighted by Crippen LogP contribution is 2.35. The van der Waals surface area contributed by atoms with E-state index in [0.717, 1.165) is 6.92 Å². The number of hydrogen-bond donors (Lipinski definition) is 3. The van der Waals surface area contributed by atoms with Crippen molar-refractivity contribution in [2.24, 2.45) is 0 Å². The van der Waals surface area contributed by atoms with Crippen molar-refractivity contribution in [3.8, 4) is 0 Å². The summed E-state index contributed by atoms with van der Waals surface area (Å²) in [5.74, 6) is -0.900. The van der Waals surface area contributed by atoms with Gasteiger partial charge in [0, 0.05) is 6.92 Å². The molecule has 0 saturated carbocycles. The lowest BCUT2D eigenvalue weighted by Gasteiger charge is -1.98. The summed E-state index contributed by atoms with van der Waals surface area (Å²) in [6, 6.07) is 0. The van der Waals surface area contributed by atoms with Gasteiger partial charge in [0.2, 0.25) is 0 Å².